The van der Waals surface area contributed by atoms with E-state index in [9.17, 15) is 5.11 Å². The molecule has 2 N–H and O–H groups in total. The summed E-state index contributed by atoms with van der Waals surface area (Å²) >= 11 is 1.64. The minimum atomic E-state index is -0.343. The zero-order chi connectivity index (χ0) is 7.40. The summed E-state index contributed by atoms with van der Waals surface area (Å²) in [6.45, 7) is 0. The zero-order valence-electron chi connectivity index (χ0n) is 5.87. The van der Waals surface area contributed by atoms with E-state index in [0.717, 1.165) is 11.4 Å². The molecular formula is C7H11NOS. The first kappa shape index (κ1) is 7.69. The Bertz CT molecular complexity index is 174. The maximum absolute atomic E-state index is 9.36. The summed E-state index contributed by atoms with van der Waals surface area (Å²) in [4.78, 5) is 2.96. The van der Waals surface area contributed by atoms with Gasteiger partial charge in [-0.2, -0.15) is 11.8 Å². The lowest BCUT2D eigenvalue weighted by Gasteiger charge is -2.04. The highest BCUT2D eigenvalue weighted by molar-refractivity contribution is 7.98. The molecule has 1 unspecified atom stereocenters. The third kappa shape index (κ3) is 1.78. The second-order valence-corrected chi connectivity index (χ2v) is 3.01. The second kappa shape index (κ2) is 3.68. The van der Waals surface area contributed by atoms with Gasteiger partial charge in [-0.15, -0.1) is 0 Å². The van der Waals surface area contributed by atoms with Crippen LogP contribution in [0.15, 0.2) is 18.3 Å². The predicted octanol–water partition coefficient (Wildman–Crippen LogP) is 1.41. The average Bonchev–Trinajstić information content (AvgIpc) is 2.38. The van der Waals surface area contributed by atoms with Crippen LogP contribution in [0.4, 0.5) is 0 Å². The molecule has 1 rings (SSSR count). The monoisotopic (exact) mass is 157 g/mol. The molecule has 0 spiro atoms. The van der Waals surface area contributed by atoms with Crippen molar-refractivity contribution in [2.75, 3.05) is 12.0 Å². The first-order valence-electron chi connectivity index (χ1n) is 3.15. The fourth-order valence-corrected chi connectivity index (χ4v) is 1.29. The molecule has 0 saturated heterocycles. The van der Waals surface area contributed by atoms with Gasteiger partial charge in [0.15, 0.2) is 0 Å². The van der Waals surface area contributed by atoms with Crippen LogP contribution in [0, 0.1) is 0 Å². The van der Waals surface area contributed by atoms with Crippen LogP contribution in [0.1, 0.15) is 11.8 Å². The first-order valence-corrected chi connectivity index (χ1v) is 4.54. The van der Waals surface area contributed by atoms with Gasteiger partial charge in [0.05, 0.1) is 0 Å². The summed E-state index contributed by atoms with van der Waals surface area (Å²) < 4.78 is 0. The number of aromatic nitrogens is 1. The third-order valence-electron chi connectivity index (χ3n) is 1.31. The van der Waals surface area contributed by atoms with Crippen LogP contribution in [0.5, 0.6) is 0 Å². The molecule has 3 heteroatoms. The summed E-state index contributed by atoms with van der Waals surface area (Å²) in [5.41, 5.74) is 0.898. The number of thioether (sulfide) groups is 1. The molecule has 0 fully saturated rings. The molecule has 0 radical (unpaired) electrons. The van der Waals surface area contributed by atoms with Gasteiger partial charge in [0, 0.05) is 17.6 Å². The lowest BCUT2D eigenvalue weighted by molar-refractivity contribution is 0.200. The molecule has 0 saturated carbocycles. The molecule has 2 nitrogen and oxygen atoms in total. The van der Waals surface area contributed by atoms with Crippen LogP contribution < -0.4 is 0 Å². The Morgan fingerprint density at radius 3 is 3.10 bits per heavy atom. The summed E-state index contributed by atoms with van der Waals surface area (Å²) in [5, 5.41) is 9.36. The molecule has 1 aromatic rings. The van der Waals surface area contributed by atoms with Gasteiger partial charge >= 0.3 is 0 Å². The Kier molecular flexibility index (Phi) is 2.83. The van der Waals surface area contributed by atoms with Gasteiger partial charge in [0.2, 0.25) is 0 Å². The van der Waals surface area contributed by atoms with E-state index in [1.807, 2.05) is 24.6 Å². The Morgan fingerprint density at radius 2 is 2.60 bits per heavy atom. The van der Waals surface area contributed by atoms with Crippen molar-refractivity contribution in [3.05, 3.63) is 24.0 Å². The zero-order valence-corrected chi connectivity index (χ0v) is 6.69. The van der Waals surface area contributed by atoms with Gasteiger partial charge in [0.25, 0.3) is 0 Å². The third-order valence-corrected chi connectivity index (χ3v) is 1.95. The maximum atomic E-state index is 9.36. The molecule has 1 atom stereocenters. The largest absolute Gasteiger partial charge is 0.386 e. The van der Waals surface area contributed by atoms with E-state index >= 15 is 0 Å². The standard InChI is InChI=1S/C7H11NOS/c1-10-5-7(9)6-3-2-4-8-6/h2-4,7-9H,5H2,1H3. The van der Waals surface area contributed by atoms with Crippen LogP contribution in [-0.2, 0) is 0 Å². The van der Waals surface area contributed by atoms with Crippen LogP contribution in [-0.4, -0.2) is 22.1 Å². The van der Waals surface area contributed by atoms with E-state index in [1.54, 1.807) is 11.8 Å². The highest BCUT2D eigenvalue weighted by Crippen LogP contribution is 2.13. The highest BCUT2D eigenvalue weighted by atomic mass is 32.2. The summed E-state index contributed by atoms with van der Waals surface area (Å²) in [6, 6.07) is 3.78. The smallest absolute Gasteiger partial charge is 0.103 e. The number of hydrogen-bond donors (Lipinski definition) is 2. The number of aromatic amines is 1. The van der Waals surface area contributed by atoms with Crippen molar-refractivity contribution in [2.24, 2.45) is 0 Å². The van der Waals surface area contributed by atoms with Crippen molar-refractivity contribution in [2.45, 2.75) is 6.10 Å². The molecule has 0 bridgehead atoms. The van der Waals surface area contributed by atoms with Crippen LogP contribution >= 0.6 is 11.8 Å². The molecule has 0 aliphatic heterocycles. The Labute approximate surface area is 64.7 Å². The van der Waals surface area contributed by atoms with Crippen molar-refractivity contribution in [1.82, 2.24) is 4.98 Å². The number of H-pyrrole nitrogens is 1. The molecule has 1 aromatic heterocycles. The Balaban J connectivity index is 2.50. The Morgan fingerprint density at radius 1 is 1.80 bits per heavy atom. The minimum Gasteiger partial charge on any atom is -0.386 e. The quantitative estimate of drug-likeness (QED) is 0.696. The number of hydrogen-bond acceptors (Lipinski definition) is 2. The van der Waals surface area contributed by atoms with E-state index in [4.69, 9.17) is 0 Å². The fraction of sp³-hybridized carbons (Fsp3) is 0.429. The number of nitrogens with one attached hydrogen (secondary N) is 1. The van der Waals surface area contributed by atoms with Crippen LogP contribution in [0.3, 0.4) is 0 Å². The van der Waals surface area contributed by atoms with Crippen LogP contribution in [0.25, 0.3) is 0 Å². The molecule has 10 heavy (non-hydrogen) atoms. The number of aliphatic hydroxyl groups is 1. The maximum Gasteiger partial charge on any atom is 0.103 e. The Hall–Kier alpha value is -0.410. The minimum absolute atomic E-state index is 0.343. The number of rotatable bonds is 3. The lowest BCUT2D eigenvalue weighted by Crippen LogP contribution is -1.99. The molecule has 1 heterocycles. The van der Waals surface area contributed by atoms with E-state index in [0.29, 0.717) is 0 Å². The molecule has 0 aliphatic carbocycles. The van der Waals surface area contributed by atoms with Gasteiger partial charge in [-0.25, -0.2) is 0 Å². The highest BCUT2D eigenvalue weighted by Gasteiger charge is 2.05. The first-order chi connectivity index (χ1) is 4.84. The van der Waals surface area contributed by atoms with E-state index in [-0.39, 0.29) is 6.10 Å². The van der Waals surface area contributed by atoms with Gasteiger partial charge in [0.1, 0.15) is 6.10 Å². The predicted molar refractivity (Wildman–Crippen MR) is 44.1 cm³/mol. The molecule has 0 aliphatic rings. The van der Waals surface area contributed by atoms with Crippen molar-refractivity contribution in [3.63, 3.8) is 0 Å². The van der Waals surface area contributed by atoms with Gasteiger partial charge in [-0.3, -0.25) is 0 Å². The van der Waals surface area contributed by atoms with Gasteiger partial charge in [-0.05, 0) is 18.4 Å². The topological polar surface area (TPSA) is 36.0 Å². The number of aliphatic hydroxyl groups excluding tert-OH is 1. The SMILES string of the molecule is CSCC(O)c1ccc[nH]1. The summed E-state index contributed by atoms with van der Waals surface area (Å²) in [7, 11) is 0. The van der Waals surface area contributed by atoms with Gasteiger partial charge in [-0.1, -0.05) is 0 Å². The second-order valence-electron chi connectivity index (χ2n) is 2.10. The lowest BCUT2D eigenvalue weighted by atomic mass is 10.3. The molecule has 0 aromatic carbocycles. The van der Waals surface area contributed by atoms with Crippen molar-refractivity contribution >= 4 is 11.8 Å². The van der Waals surface area contributed by atoms with Crippen molar-refractivity contribution < 1.29 is 5.11 Å². The molecule has 0 amide bonds. The van der Waals surface area contributed by atoms with E-state index < -0.39 is 0 Å². The normalized spacial score (nSPS) is 13.4. The van der Waals surface area contributed by atoms with E-state index in [2.05, 4.69) is 4.98 Å². The van der Waals surface area contributed by atoms with Crippen molar-refractivity contribution in [1.29, 1.82) is 0 Å². The average molecular weight is 157 g/mol. The van der Waals surface area contributed by atoms with Crippen molar-refractivity contribution in [3.8, 4) is 0 Å². The molecular weight excluding hydrogens is 146 g/mol. The van der Waals surface area contributed by atoms with Gasteiger partial charge < -0.3 is 10.1 Å². The fourth-order valence-electron chi connectivity index (χ4n) is 0.799. The summed E-state index contributed by atoms with van der Waals surface area (Å²) in [6.07, 6.45) is 3.45. The summed E-state index contributed by atoms with van der Waals surface area (Å²) in [5.74, 6) is 0.751. The van der Waals surface area contributed by atoms with E-state index in [1.165, 1.54) is 0 Å². The molecule has 56 valence electrons. The van der Waals surface area contributed by atoms with Crippen LogP contribution in [0.2, 0.25) is 0 Å².